The van der Waals surface area contributed by atoms with Crippen LogP contribution < -0.4 is 0 Å². The van der Waals surface area contributed by atoms with Gasteiger partial charge < -0.3 is 23.8 Å². The Morgan fingerprint density at radius 2 is 0.903 bits per heavy atom. The van der Waals surface area contributed by atoms with Crippen LogP contribution in [0.1, 0.15) is 239 Å². The molecule has 62 heavy (non-hydrogen) atoms. The van der Waals surface area contributed by atoms with Gasteiger partial charge in [0.25, 0.3) is 0 Å². The van der Waals surface area contributed by atoms with Gasteiger partial charge in [-0.15, -0.1) is 0 Å². The predicted molar refractivity (Wildman–Crippen MR) is 261 cm³/mol. The lowest BCUT2D eigenvalue weighted by Crippen LogP contribution is -2.50. The van der Waals surface area contributed by atoms with Crippen LogP contribution in [-0.2, 0) is 28.6 Å². The van der Waals surface area contributed by atoms with E-state index in [0.717, 1.165) is 51.4 Å². The summed E-state index contributed by atoms with van der Waals surface area (Å²) >= 11 is 0. The lowest BCUT2D eigenvalue weighted by atomic mass is 10.0. The first-order chi connectivity index (χ1) is 30.1. The SMILES string of the molecule is CC/C=C/C/C=C/CCCCCCCCCCCCCCCCC(=O)OCC(COCCC(C(=O)O)[N+](C)(C)C)OC(=O)CCCCCCCCC/C=C/CCCCCCCC. The second-order valence-corrected chi connectivity index (χ2v) is 18.7. The molecule has 0 fully saturated rings. The van der Waals surface area contributed by atoms with Crippen molar-refractivity contribution in [3.8, 4) is 0 Å². The summed E-state index contributed by atoms with van der Waals surface area (Å²) in [6.07, 6.45) is 53.4. The zero-order valence-corrected chi connectivity index (χ0v) is 41.3. The number of hydrogen-bond donors (Lipinski definition) is 1. The number of quaternary nitrogens is 1. The number of hydrogen-bond acceptors (Lipinski definition) is 6. The van der Waals surface area contributed by atoms with E-state index < -0.39 is 18.1 Å². The highest BCUT2D eigenvalue weighted by atomic mass is 16.6. The molecule has 0 aliphatic carbocycles. The quantitative estimate of drug-likeness (QED) is 0.0281. The van der Waals surface area contributed by atoms with E-state index in [1.54, 1.807) is 0 Å². The molecule has 0 saturated heterocycles. The number of esters is 2. The lowest BCUT2D eigenvalue weighted by Gasteiger charge is -2.31. The Hall–Kier alpha value is -2.45. The average molecular weight is 875 g/mol. The number of likely N-dealkylation sites (N-methyl/N-ethyl adjacent to an activating group) is 1. The Kier molecular flexibility index (Phi) is 43.3. The van der Waals surface area contributed by atoms with Crippen molar-refractivity contribution in [2.24, 2.45) is 0 Å². The summed E-state index contributed by atoms with van der Waals surface area (Å²) in [5.41, 5.74) is 0. The van der Waals surface area contributed by atoms with E-state index in [-0.39, 0.29) is 36.2 Å². The molecular weight excluding hydrogens is 775 g/mol. The minimum absolute atomic E-state index is 0.0501. The minimum Gasteiger partial charge on any atom is -0.477 e. The van der Waals surface area contributed by atoms with E-state index in [1.165, 1.54) is 154 Å². The molecule has 0 saturated carbocycles. The monoisotopic (exact) mass is 875 g/mol. The van der Waals surface area contributed by atoms with Crippen LogP contribution in [0.5, 0.6) is 0 Å². The van der Waals surface area contributed by atoms with Gasteiger partial charge in [-0.1, -0.05) is 192 Å². The maximum atomic E-state index is 12.8. The summed E-state index contributed by atoms with van der Waals surface area (Å²) in [6.45, 7) is 4.66. The van der Waals surface area contributed by atoms with Crippen LogP contribution >= 0.6 is 0 Å². The van der Waals surface area contributed by atoms with Gasteiger partial charge >= 0.3 is 17.9 Å². The van der Waals surface area contributed by atoms with Gasteiger partial charge in [-0.3, -0.25) is 9.59 Å². The molecule has 8 nitrogen and oxygen atoms in total. The Balaban J connectivity index is 4.20. The number of carbonyl (C=O) groups is 3. The fourth-order valence-corrected chi connectivity index (χ4v) is 7.77. The number of aliphatic carboxylic acids is 1. The smallest absolute Gasteiger partial charge is 0.362 e. The Bertz CT molecular complexity index is 1110. The average Bonchev–Trinajstić information content (AvgIpc) is 3.23. The molecule has 0 aliphatic rings. The molecule has 0 rings (SSSR count). The molecular formula is C54H100NO7+. The van der Waals surface area contributed by atoms with Crippen LogP contribution in [0.15, 0.2) is 36.5 Å². The zero-order chi connectivity index (χ0) is 45.6. The van der Waals surface area contributed by atoms with Gasteiger partial charge in [-0.2, -0.15) is 0 Å². The second kappa shape index (κ2) is 45.1. The van der Waals surface area contributed by atoms with E-state index in [2.05, 4.69) is 50.3 Å². The minimum atomic E-state index is -0.873. The van der Waals surface area contributed by atoms with Gasteiger partial charge in [0.05, 0.1) is 34.4 Å². The van der Waals surface area contributed by atoms with Crippen molar-refractivity contribution >= 4 is 17.9 Å². The van der Waals surface area contributed by atoms with Gasteiger partial charge in [0.1, 0.15) is 6.61 Å². The summed E-state index contributed by atoms with van der Waals surface area (Å²) in [5.74, 6) is -1.46. The molecule has 0 amide bonds. The van der Waals surface area contributed by atoms with Crippen molar-refractivity contribution in [2.75, 3.05) is 41.0 Å². The first-order valence-corrected chi connectivity index (χ1v) is 26.0. The number of carboxylic acids is 1. The van der Waals surface area contributed by atoms with Crippen LogP contribution in [0.4, 0.5) is 0 Å². The summed E-state index contributed by atoms with van der Waals surface area (Å²) in [5, 5.41) is 9.65. The van der Waals surface area contributed by atoms with Crippen molar-refractivity contribution in [3.63, 3.8) is 0 Å². The highest BCUT2D eigenvalue weighted by Gasteiger charge is 2.31. The number of rotatable bonds is 47. The number of ether oxygens (including phenoxy) is 3. The molecule has 8 heteroatoms. The highest BCUT2D eigenvalue weighted by molar-refractivity contribution is 5.72. The molecule has 362 valence electrons. The summed E-state index contributed by atoms with van der Waals surface area (Å²) in [4.78, 5) is 37.2. The van der Waals surface area contributed by atoms with E-state index >= 15 is 0 Å². The van der Waals surface area contributed by atoms with Crippen molar-refractivity contribution in [1.29, 1.82) is 0 Å². The number of nitrogens with zero attached hydrogens (tertiary/aromatic N) is 1. The summed E-state index contributed by atoms with van der Waals surface area (Å²) in [7, 11) is 5.54. The largest absolute Gasteiger partial charge is 0.477 e. The third-order valence-corrected chi connectivity index (χ3v) is 11.8. The molecule has 2 atom stereocenters. The topological polar surface area (TPSA) is 99.1 Å². The third kappa shape index (κ3) is 42.8. The second-order valence-electron chi connectivity index (χ2n) is 18.7. The molecule has 0 spiro atoms. The molecule has 0 aromatic rings. The molecule has 1 N–H and O–H groups in total. The maximum absolute atomic E-state index is 12.8. The predicted octanol–water partition coefficient (Wildman–Crippen LogP) is 15.0. The molecule has 0 aromatic heterocycles. The van der Waals surface area contributed by atoms with Crippen LogP contribution in [0.3, 0.4) is 0 Å². The Labute approximate surface area is 383 Å². The van der Waals surface area contributed by atoms with E-state index in [4.69, 9.17) is 14.2 Å². The highest BCUT2D eigenvalue weighted by Crippen LogP contribution is 2.16. The molecule has 0 radical (unpaired) electrons. The molecule has 0 aromatic carbocycles. The van der Waals surface area contributed by atoms with Crippen LogP contribution in [0.2, 0.25) is 0 Å². The van der Waals surface area contributed by atoms with Crippen molar-refractivity contribution in [2.45, 2.75) is 251 Å². The first-order valence-electron chi connectivity index (χ1n) is 26.0. The van der Waals surface area contributed by atoms with Crippen LogP contribution in [0.25, 0.3) is 0 Å². The van der Waals surface area contributed by atoms with Gasteiger partial charge in [0, 0.05) is 19.3 Å². The van der Waals surface area contributed by atoms with Crippen molar-refractivity contribution in [3.05, 3.63) is 36.5 Å². The van der Waals surface area contributed by atoms with Crippen LogP contribution in [0, 0.1) is 0 Å². The zero-order valence-electron chi connectivity index (χ0n) is 41.3. The number of carboxylic acid groups (broad SMARTS) is 1. The van der Waals surface area contributed by atoms with Crippen molar-refractivity contribution < 1.29 is 38.2 Å². The molecule has 0 bridgehead atoms. The number of unbranched alkanes of at least 4 members (excludes halogenated alkanes) is 27. The third-order valence-electron chi connectivity index (χ3n) is 11.8. The van der Waals surface area contributed by atoms with Gasteiger partial charge in [-0.25, -0.2) is 4.79 Å². The Morgan fingerprint density at radius 1 is 0.500 bits per heavy atom. The standard InChI is InChI=1S/C54H99NO7/c1-6-8-10-12-14-16-18-20-22-24-25-26-27-29-30-32-34-36-38-40-42-44-52(56)61-49-50(48-60-47-46-51(54(58)59)55(3,4)5)62-53(57)45-43-41-39-37-35-33-31-28-23-21-19-17-15-13-11-9-7-2/h8,10,14,16,21,23,50-51H,6-7,9,11-13,15,17-20,22,24-49H2,1-5H3/p+1/b10-8+,16-14+,23-21+. The number of allylic oxidation sites excluding steroid dienone is 6. The summed E-state index contributed by atoms with van der Waals surface area (Å²) < 4.78 is 17.4. The van der Waals surface area contributed by atoms with Crippen molar-refractivity contribution in [1.82, 2.24) is 0 Å². The Morgan fingerprint density at radius 3 is 1.34 bits per heavy atom. The lowest BCUT2D eigenvalue weighted by molar-refractivity contribution is -0.887. The fraction of sp³-hybridized carbons (Fsp3) is 0.833. The summed E-state index contributed by atoms with van der Waals surface area (Å²) in [6, 6.07) is -0.614. The van der Waals surface area contributed by atoms with Gasteiger partial charge in [-0.05, 0) is 64.2 Å². The molecule has 0 heterocycles. The first kappa shape index (κ1) is 59.5. The molecule has 0 aliphatic heterocycles. The maximum Gasteiger partial charge on any atom is 0.362 e. The fourth-order valence-electron chi connectivity index (χ4n) is 7.77. The number of carbonyl (C=O) groups excluding carboxylic acids is 2. The normalized spacial score (nSPS) is 13.1. The van der Waals surface area contributed by atoms with Crippen LogP contribution in [-0.4, -0.2) is 80.6 Å². The molecule has 2 unspecified atom stereocenters. The van der Waals surface area contributed by atoms with E-state index in [1.807, 2.05) is 21.1 Å². The van der Waals surface area contributed by atoms with E-state index in [9.17, 15) is 19.5 Å². The van der Waals surface area contributed by atoms with Gasteiger partial charge in [0.15, 0.2) is 12.1 Å². The van der Waals surface area contributed by atoms with Gasteiger partial charge in [0.2, 0.25) is 0 Å². The van der Waals surface area contributed by atoms with E-state index in [0.29, 0.717) is 19.3 Å².